The maximum absolute atomic E-state index is 6.19. The van der Waals surface area contributed by atoms with Crippen LogP contribution in [-0.2, 0) is 0 Å². The van der Waals surface area contributed by atoms with Crippen LogP contribution in [0.15, 0.2) is 12.3 Å². The average Bonchev–Trinajstić information content (AvgIpc) is 3.32. The third-order valence-corrected chi connectivity index (χ3v) is 4.57. The first-order valence-corrected chi connectivity index (χ1v) is 7.37. The van der Waals surface area contributed by atoms with E-state index in [9.17, 15) is 0 Å². The molecule has 0 spiro atoms. The van der Waals surface area contributed by atoms with Gasteiger partial charge in [-0.3, -0.25) is 0 Å². The fourth-order valence-corrected chi connectivity index (χ4v) is 3.25. The van der Waals surface area contributed by atoms with Gasteiger partial charge in [0.15, 0.2) is 5.65 Å². The molecule has 2 heterocycles. The van der Waals surface area contributed by atoms with E-state index in [1.54, 1.807) is 10.7 Å². The van der Waals surface area contributed by atoms with Crippen LogP contribution in [-0.4, -0.2) is 21.6 Å². The second kappa shape index (κ2) is 4.10. The molecule has 0 atom stereocenters. The quantitative estimate of drug-likeness (QED) is 0.931. The summed E-state index contributed by atoms with van der Waals surface area (Å²) in [5, 5.41) is 8.10. The summed E-state index contributed by atoms with van der Waals surface area (Å²) in [6.45, 7) is 0. The molecule has 2 fully saturated rings. The second-order valence-electron chi connectivity index (χ2n) is 5.74. The van der Waals surface area contributed by atoms with Gasteiger partial charge in [-0.25, -0.2) is 4.98 Å². The number of nitrogens with zero attached hydrogens (tertiary/aromatic N) is 3. The van der Waals surface area contributed by atoms with Gasteiger partial charge in [-0.05, 0) is 37.5 Å². The molecular formula is C14H17ClN4. The van der Waals surface area contributed by atoms with Crippen molar-refractivity contribution in [1.82, 2.24) is 14.6 Å². The van der Waals surface area contributed by atoms with Gasteiger partial charge in [-0.1, -0.05) is 11.6 Å². The maximum Gasteiger partial charge on any atom is 0.176 e. The summed E-state index contributed by atoms with van der Waals surface area (Å²) < 4.78 is 1.78. The Bertz CT molecular complexity index is 616. The Morgan fingerprint density at radius 3 is 2.58 bits per heavy atom. The molecule has 4 nitrogen and oxygen atoms in total. The van der Waals surface area contributed by atoms with Crippen molar-refractivity contribution in [3.63, 3.8) is 0 Å². The normalized spacial score (nSPS) is 19.3. The molecule has 0 amide bonds. The minimum Gasteiger partial charge on any atom is -0.373 e. The van der Waals surface area contributed by atoms with Gasteiger partial charge in [0.1, 0.15) is 10.8 Å². The summed E-state index contributed by atoms with van der Waals surface area (Å²) in [5.74, 6) is 3.28. The van der Waals surface area contributed by atoms with E-state index in [-0.39, 0.29) is 0 Å². The van der Waals surface area contributed by atoms with Gasteiger partial charge in [-0.2, -0.15) is 9.61 Å². The summed E-state index contributed by atoms with van der Waals surface area (Å²) in [6.07, 6.45) is 7.09. The fraction of sp³-hybridized carbons (Fsp3) is 0.571. The van der Waals surface area contributed by atoms with E-state index in [1.807, 2.05) is 7.05 Å². The van der Waals surface area contributed by atoms with Crippen molar-refractivity contribution in [2.45, 2.75) is 31.6 Å². The van der Waals surface area contributed by atoms with Crippen molar-refractivity contribution in [2.75, 3.05) is 12.4 Å². The first kappa shape index (κ1) is 11.5. The topological polar surface area (TPSA) is 42.2 Å². The van der Waals surface area contributed by atoms with Crippen LogP contribution in [0, 0.1) is 11.8 Å². The number of hydrogen-bond acceptors (Lipinski definition) is 3. The van der Waals surface area contributed by atoms with Crippen molar-refractivity contribution < 1.29 is 0 Å². The molecule has 1 N–H and O–H groups in total. The predicted molar refractivity (Wildman–Crippen MR) is 75.7 cm³/mol. The second-order valence-corrected chi connectivity index (χ2v) is 6.15. The third kappa shape index (κ3) is 1.89. The van der Waals surface area contributed by atoms with Gasteiger partial charge < -0.3 is 5.32 Å². The minimum absolute atomic E-state index is 0.628. The van der Waals surface area contributed by atoms with E-state index in [4.69, 9.17) is 16.6 Å². The lowest BCUT2D eigenvalue weighted by atomic mass is 9.94. The van der Waals surface area contributed by atoms with Gasteiger partial charge in [0.05, 0.1) is 11.9 Å². The molecular weight excluding hydrogens is 260 g/mol. The average molecular weight is 277 g/mol. The van der Waals surface area contributed by atoms with Crippen LogP contribution in [0.4, 0.5) is 5.82 Å². The molecule has 2 aliphatic carbocycles. The van der Waals surface area contributed by atoms with E-state index in [2.05, 4.69) is 16.5 Å². The molecule has 0 radical (unpaired) electrons. The van der Waals surface area contributed by atoms with Gasteiger partial charge in [0.2, 0.25) is 0 Å². The molecule has 4 rings (SSSR count). The Morgan fingerprint density at radius 1 is 1.32 bits per heavy atom. The van der Waals surface area contributed by atoms with Crippen LogP contribution in [0.3, 0.4) is 0 Å². The Labute approximate surface area is 117 Å². The number of aromatic nitrogens is 3. The summed E-state index contributed by atoms with van der Waals surface area (Å²) >= 11 is 6.19. The number of rotatable bonds is 4. The number of nitrogens with one attached hydrogen (secondary N) is 1. The molecule has 0 bridgehead atoms. The molecule has 0 aromatic carbocycles. The van der Waals surface area contributed by atoms with Gasteiger partial charge in [-0.15, -0.1) is 0 Å². The Balaban J connectivity index is 1.86. The van der Waals surface area contributed by atoms with E-state index in [1.165, 1.54) is 31.4 Å². The van der Waals surface area contributed by atoms with Gasteiger partial charge >= 0.3 is 0 Å². The highest BCUT2D eigenvalue weighted by atomic mass is 35.5. The standard InChI is InChI=1S/C14H17ClN4/c1-16-12-6-11(13(8-2-3-8)9-4-5-9)18-14-10(15)7-17-19(12)14/h6-9,13,16H,2-5H2,1H3. The van der Waals surface area contributed by atoms with E-state index >= 15 is 0 Å². The highest BCUT2D eigenvalue weighted by molar-refractivity contribution is 6.33. The Kier molecular flexibility index (Phi) is 2.49. The fourth-order valence-electron chi connectivity index (χ4n) is 3.08. The smallest absolute Gasteiger partial charge is 0.176 e. The van der Waals surface area contributed by atoms with Crippen LogP contribution < -0.4 is 5.32 Å². The van der Waals surface area contributed by atoms with Crippen LogP contribution in [0.25, 0.3) is 5.65 Å². The first-order chi connectivity index (χ1) is 9.28. The molecule has 0 unspecified atom stereocenters. The number of hydrogen-bond donors (Lipinski definition) is 1. The monoisotopic (exact) mass is 276 g/mol. The molecule has 2 aromatic rings. The molecule has 2 aliphatic rings. The molecule has 0 saturated heterocycles. The van der Waals surface area contributed by atoms with Crippen LogP contribution in [0.1, 0.15) is 37.3 Å². The Morgan fingerprint density at radius 2 is 2.00 bits per heavy atom. The number of anilines is 1. The zero-order chi connectivity index (χ0) is 13.0. The zero-order valence-electron chi connectivity index (χ0n) is 10.9. The summed E-state index contributed by atoms with van der Waals surface area (Å²) in [7, 11) is 1.91. The number of halogens is 1. The predicted octanol–water partition coefficient (Wildman–Crippen LogP) is 3.33. The summed E-state index contributed by atoms with van der Waals surface area (Å²) in [6, 6.07) is 2.15. The summed E-state index contributed by atoms with van der Waals surface area (Å²) in [5.41, 5.74) is 1.97. The first-order valence-electron chi connectivity index (χ1n) is 7.00. The SMILES string of the molecule is CNc1cc(C(C2CC2)C2CC2)nc2c(Cl)cnn12. The highest BCUT2D eigenvalue weighted by Crippen LogP contribution is 2.54. The lowest BCUT2D eigenvalue weighted by Crippen LogP contribution is -2.10. The van der Waals surface area contributed by atoms with E-state index in [0.717, 1.165) is 23.3 Å². The Hall–Kier alpha value is -1.29. The van der Waals surface area contributed by atoms with Gasteiger partial charge in [0, 0.05) is 19.0 Å². The van der Waals surface area contributed by atoms with Crippen LogP contribution in [0.2, 0.25) is 5.02 Å². The van der Waals surface area contributed by atoms with Crippen LogP contribution in [0.5, 0.6) is 0 Å². The van der Waals surface area contributed by atoms with E-state index < -0.39 is 0 Å². The molecule has 5 heteroatoms. The van der Waals surface area contributed by atoms with E-state index in [0.29, 0.717) is 10.9 Å². The highest BCUT2D eigenvalue weighted by Gasteiger charge is 2.43. The molecule has 19 heavy (non-hydrogen) atoms. The number of fused-ring (bicyclic) bond motifs is 1. The minimum atomic E-state index is 0.628. The zero-order valence-corrected chi connectivity index (χ0v) is 11.7. The van der Waals surface area contributed by atoms with Crippen molar-refractivity contribution in [1.29, 1.82) is 0 Å². The maximum atomic E-state index is 6.19. The third-order valence-electron chi connectivity index (χ3n) is 4.31. The molecule has 2 aromatic heterocycles. The van der Waals surface area contributed by atoms with Crippen LogP contribution >= 0.6 is 11.6 Å². The molecule has 2 saturated carbocycles. The lowest BCUT2D eigenvalue weighted by molar-refractivity contribution is 0.524. The van der Waals surface area contributed by atoms with Crippen molar-refractivity contribution in [2.24, 2.45) is 11.8 Å². The van der Waals surface area contributed by atoms with Crippen molar-refractivity contribution in [3.05, 3.63) is 23.0 Å². The van der Waals surface area contributed by atoms with Crippen molar-refractivity contribution >= 4 is 23.1 Å². The molecule has 0 aliphatic heterocycles. The van der Waals surface area contributed by atoms with Crippen molar-refractivity contribution in [3.8, 4) is 0 Å². The molecule has 100 valence electrons. The summed E-state index contributed by atoms with van der Waals surface area (Å²) in [4.78, 5) is 4.79. The van der Waals surface area contributed by atoms with Gasteiger partial charge in [0.25, 0.3) is 0 Å². The lowest BCUT2D eigenvalue weighted by Gasteiger charge is -2.16. The largest absolute Gasteiger partial charge is 0.373 e.